The molecule has 0 saturated heterocycles. The van der Waals surface area contributed by atoms with Gasteiger partial charge in [0, 0.05) is 24.4 Å². The summed E-state index contributed by atoms with van der Waals surface area (Å²) in [6.45, 7) is 0.00600. The van der Waals surface area contributed by atoms with E-state index in [4.69, 9.17) is 4.42 Å². The molecule has 0 bridgehead atoms. The van der Waals surface area contributed by atoms with Crippen LogP contribution in [0.5, 0.6) is 0 Å². The zero-order chi connectivity index (χ0) is 28.3. The highest BCUT2D eigenvalue weighted by Gasteiger charge is 2.30. The molecule has 40 heavy (non-hydrogen) atoms. The van der Waals surface area contributed by atoms with E-state index in [1.165, 1.54) is 18.2 Å². The number of hydrogen-bond acceptors (Lipinski definition) is 5. The van der Waals surface area contributed by atoms with Crippen molar-refractivity contribution in [3.05, 3.63) is 114 Å². The quantitative estimate of drug-likeness (QED) is 0.264. The number of aryl methyl sites for hydroxylation is 1. The smallest absolute Gasteiger partial charge is 0.416 e. The van der Waals surface area contributed by atoms with Crippen LogP contribution in [-0.4, -0.2) is 26.6 Å². The number of carbonyl (C=O) groups excluding carboxylic acids is 2. The van der Waals surface area contributed by atoms with E-state index in [-0.39, 0.29) is 23.7 Å². The van der Waals surface area contributed by atoms with Crippen molar-refractivity contribution in [1.82, 2.24) is 20.1 Å². The number of amides is 2. The Bertz CT molecular complexity index is 1660. The van der Waals surface area contributed by atoms with Gasteiger partial charge >= 0.3 is 6.18 Å². The predicted molar refractivity (Wildman–Crippen MR) is 141 cm³/mol. The Morgan fingerprint density at radius 3 is 2.30 bits per heavy atom. The second-order valence-corrected chi connectivity index (χ2v) is 8.85. The van der Waals surface area contributed by atoms with Crippen molar-refractivity contribution >= 4 is 17.5 Å². The third-order valence-corrected chi connectivity index (χ3v) is 6.08. The minimum absolute atomic E-state index is 0.00600. The number of benzene rings is 3. The Balaban J connectivity index is 1.26. The topological polar surface area (TPSA) is 102 Å². The van der Waals surface area contributed by atoms with E-state index in [0.717, 1.165) is 17.7 Å². The van der Waals surface area contributed by atoms with Gasteiger partial charge in [0.2, 0.25) is 11.8 Å². The molecule has 0 fully saturated rings. The number of anilines is 1. The number of alkyl halides is 3. The van der Waals surface area contributed by atoms with E-state index in [0.29, 0.717) is 22.7 Å². The van der Waals surface area contributed by atoms with Crippen LogP contribution in [0.4, 0.5) is 18.9 Å². The largest absolute Gasteiger partial charge is 0.419 e. The Hall–Kier alpha value is -5.19. The first kappa shape index (κ1) is 26.4. The molecular weight excluding hydrogens is 523 g/mol. The Morgan fingerprint density at radius 1 is 0.875 bits per heavy atom. The molecule has 0 aliphatic heterocycles. The molecule has 3 aromatic carbocycles. The molecule has 202 valence electrons. The Morgan fingerprint density at radius 2 is 1.57 bits per heavy atom. The zero-order valence-electron chi connectivity index (χ0n) is 21.1. The van der Waals surface area contributed by atoms with Crippen molar-refractivity contribution in [2.24, 2.45) is 7.05 Å². The fourth-order valence-electron chi connectivity index (χ4n) is 4.10. The lowest BCUT2D eigenvalue weighted by Crippen LogP contribution is -2.24. The number of nitrogens with zero attached hydrogens (tertiary/aromatic N) is 3. The first-order valence-corrected chi connectivity index (χ1v) is 12.1. The molecule has 2 N–H and O–H groups in total. The van der Waals surface area contributed by atoms with Gasteiger partial charge in [-0.2, -0.15) is 13.2 Å². The summed E-state index contributed by atoms with van der Waals surface area (Å²) in [5, 5.41) is 13.4. The summed E-state index contributed by atoms with van der Waals surface area (Å²) in [5.41, 5.74) is 1.82. The molecule has 0 unspecified atom stereocenters. The Labute approximate surface area is 226 Å². The maximum absolute atomic E-state index is 13.1. The summed E-state index contributed by atoms with van der Waals surface area (Å²) in [7, 11) is 1.65. The minimum Gasteiger partial charge on any atom is -0.419 e. The standard InChI is InChI=1S/C29H22F3N5O3/c1-37-17-21(15-24(37)27(39)33-16-25-35-36-28(40-25)19-7-3-2-4-8-19)34-26(38)23-10-6-5-9-22(23)18-11-13-20(14-12-18)29(30,31)32/h2-15,17H,16H2,1H3,(H,33,39)(H,34,38). The monoisotopic (exact) mass is 545 g/mol. The summed E-state index contributed by atoms with van der Waals surface area (Å²) in [6, 6.07) is 21.9. The first-order valence-electron chi connectivity index (χ1n) is 12.1. The molecule has 0 saturated carbocycles. The van der Waals surface area contributed by atoms with Crippen molar-refractivity contribution < 1.29 is 27.2 Å². The summed E-state index contributed by atoms with van der Waals surface area (Å²) in [6.07, 6.45) is -2.88. The molecule has 8 nitrogen and oxygen atoms in total. The van der Waals surface area contributed by atoms with Gasteiger partial charge in [-0.05, 0) is 47.5 Å². The van der Waals surface area contributed by atoms with Crippen LogP contribution in [0, 0.1) is 0 Å². The van der Waals surface area contributed by atoms with Gasteiger partial charge in [-0.1, -0.05) is 48.5 Å². The van der Waals surface area contributed by atoms with Crippen molar-refractivity contribution in [1.29, 1.82) is 0 Å². The van der Waals surface area contributed by atoms with Crippen LogP contribution in [0.3, 0.4) is 0 Å². The van der Waals surface area contributed by atoms with E-state index < -0.39 is 23.6 Å². The van der Waals surface area contributed by atoms with Gasteiger partial charge in [-0.3, -0.25) is 9.59 Å². The highest BCUT2D eigenvalue weighted by Crippen LogP contribution is 2.32. The lowest BCUT2D eigenvalue weighted by atomic mass is 9.98. The molecule has 5 aromatic rings. The third-order valence-electron chi connectivity index (χ3n) is 6.08. The summed E-state index contributed by atoms with van der Waals surface area (Å²) in [4.78, 5) is 25.9. The number of halogens is 3. The zero-order valence-corrected chi connectivity index (χ0v) is 21.1. The molecule has 0 atom stereocenters. The number of rotatable bonds is 7. The van der Waals surface area contributed by atoms with Crippen LogP contribution in [0.15, 0.2) is 95.5 Å². The minimum atomic E-state index is -4.46. The van der Waals surface area contributed by atoms with Crippen molar-refractivity contribution in [2.75, 3.05) is 5.32 Å². The number of nitrogens with one attached hydrogen (secondary N) is 2. The number of aromatic nitrogens is 3. The average Bonchev–Trinajstić information content (AvgIpc) is 3.58. The van der Waals surface area contributed by atoms with E-state index in [2.05, 4.69) is 20.8 Å². The van der Waals surface area contributed by atoms with Gasteiger partial charge < -0.3 is 19.6 Å². The SMILES string of the molecule is Cn1cc(NC(=O)c2ccccc2-c2ccc(C(F)(F)F)cc2)cc1C(=O)NCc1nnc(-c2ccccc2)o1. The lowest BCUT2D eigenvalue weighted by molar-refractivity contribution is -0.137. The molecule has 5 rings (SSSR count). The lowest BCUT2D eigenvalue weighted by Gasteiger charge is -2.11. The van der Waals surface area contributed by atoms with E-state index in [1.54, 1.807) is 42.1 Å². The normalized spacial score (nSPS) is 11.3. The van der Waals surface area contributed by atoms with E-state index in [1.807, 2.05) is 30.3 Å². The van der Waals surface area contributed by atoms with Crippen molar-refractivity contribution in [3.8, 4) is 22.6 Å². The Kier molecular flexibility index (Phi) is 7.19. The molecule has 0 radical (unpaired) electrons. The third kappa shape index (κ3) is 5.78. The van der Waals surface area contributed by atoms with Crippen molar-refractivity contribution in [3.63, 3.8) is 0 Å². The second kappa shape index (κ2) is 10.9. The molecule has 0 aliphatic carbocycles. The van der Waals surface area contributed by atoms with Crippen LogP contribution in [0.1, 0.15) is 32.3 Å². The van der Waals surface area contributed by atoms with Gasteiger partial charge in [-0.15, -0.1) is 10.2 Å². The molecule has 2 heterocycles. The summed E-state index contributed by atoms with van der Waals surface area (Å²) in [5.74, 6) is -0.333. The molecule has 2 aromatic heterocycles. The van der Waals surface area contributed by atoms with Gasteiger partial charge in [0.05, 0.1) is 17.8 Å². The van der Waals surface area contributed by atoms with Gasteiger partial charge in [0.25, 0.3) is 11.8 Å². The predicted octanol–water partition coefficient (Wildman–Crippen LogP) is 5.94. The fraction of sp³-hybridized carbons (Fsp3) is 0.103. The molecular formula is C29H22F3N5O3. The van der Waals surface area contributed by atoms with Gasteiger partial charge in [0.15, 0.2) is 0 Å². The van der Waals surface area contributed by atoms with Gasteiger partial charge in [0.1, 0.15) is 5.69 Å². The average molecular weight is 546 g/mol. The molecule has 0 aliphatic rings. The first-order chi connectivity index (χ1) is 19.2. The maximum Gasteiger partial charge on any atom is 0.416 e. The number of carbonyl (C=O) groups is 2. The highest BCUT2D eigenvalue weighted by molar-refractivity contribution is 6.09. The molecule has 2 amide bonds. The van der Waals surface area contributed by atoms with Crippen LogP contribution < -0.4 is 10.6 Å². The van der Waals surface area contributed by atoms with Crippen LogP contribution in [0.2, 0.25) is 0 Å². The maximum atomic E-state index is 13.1. The van der Waals surface area contributed by atoms with Crippen LogP contribution >= 0.6 is 0 Å². The van der Waals surface area contributed by atoms with Crippen LogP contribution in [0.25, 0.3) is 22.6 Å². The van der Waals surface area contributed by atoms with Gasteiger partial charge in [-0.25, -0.2) is 0 Å². The molecule has 11 heteroatoms. The summed E-state index contributed by atoms with van der Waals surface area (Å²) >= 11 is 0. The second-order valence-electron chi connectivity index (χ2n) is 8.85. The number of hydrogen-bond donors (Lipinski definition) is 2. The highest BCUT2D eigenvalue weighted by atomic mass is 19.4. The fourth-order valence-corrected chi connectivity index (χ4v) is 4.10. The molecule has 0 spiro atoms. The van der Waals surface area contributed by atoms with E-state index >= 15 is 0 Å². The van der Waals surface area contributed by atoms with Crippen molar-refractivity contribution in [2.45, 2.75) is 12.7 Å². The van der Waals surface area contributed by atoms with Crippen LogP contribution in [-0.2, 0) is 19.8 Å². The summed E-state index contributed by atoms with van der Waals surface area (Å²) < 4.78 is 46.0. The van der Waals surface area contributed by atoms with E-state index in [9.17, 15) is 22.8 Å².